The summed E-state index contributed by atoms with van der Waals surface area (Å²) in [6.45, 7) is 0.629. The highest BCUT2D eigenvalue weighted by molar-refractivity contribution is 7.89. The molecule has 10 heteroatoms. The van der Waals surface area contributed by atoms with Crippen LogP contribution in [0.2, 0.25) is 5.02 Å². The fourth-order valence-corrected chi connectivity index (χ4v) is 4.36. The summed E-state index contributed by atoms with van der Waals surface area (Å²) in [7, 11) is -4.31. The molecular formula is C15H15ClF3N3O2S. The molecule has 25 heavy (non-hydrogen) atoms. The van der Waals surface area contributed by atoms with E-state index in [1.54, 1.807) is 12.4 Å². The van der Waals surface area contributed by atoms with E-state index in [0.717, 1.165) is 18.0 Å². The molecule has 1 N–H and O–H groups in total. The number of hydrogen-bond acceptors (Lipinski definition) is 3. The van der Waals surface area contributed by atoms with E-state index in [2.05, 4.69) is 9.71 Å². The van der Waals surface area contributed by atoms with Crippen molar-refractivity contribution in [2.24, 2.45) is 5.92 Å². The van der Waals surface area contributed by atoms with E-state index in [9.17, 15) is 21.6 Å². The average Bonchev–Trinajstić information content (AvgIpc) is 2.99. The highest BCUT2D eigenvalue weighted by Crippen LogP contribution is 2.35. The van der Waals surface area contributed by atoms with Crippen LogP contribution in [0, 0.1) is 5.92 Å². The number of rotatable bonds is 4. The lowest BCUT2D eigenvalue weighted by molar-refractivity contribution is -0.139. The van der Waals surface area contributed by atoms with Crippen LogP contribution in [-0.2, 0) is 29.2 Å². The van der Waals surface area contributed by atoms with Gasteiger partial charge in [0.1, 0.15) is 5.82 Å². The van der Waals surface area contributed by atoms with Gasteiger partial charge < -0.3 is 4.57 Å². The minimum atomic E-state index is -4.81. The number of nitrogens with zero attached hydrogens (tertiary/aromatic N) is 2. The third-order valence-electron chi connectivity index (χ3n) is 4.13. The van der Waals surface area contributed by atoms with Crippen LogP contribution in [0.4, 0.5) is 13.2 Å². The van der Waals surface area contributed by atoms with Crippen molar-refractivity contribution in [1.29, 1.82) is 0 Å². The van der Waals surface area contributed by atoms with Crippen molar-refractivity contribution in [3.63, 3.8) is 0 Å². The summed E-state index contributed by atoms with van der Waals surface area (Å²) in [5.41, 5.74) is -1.27. The molecule has 2 heterocycles. The molecule has 0 bridgehead atoms. The quantitative estimate of drug-likeness (QED) is 0.868. The predicted molar refractivity (Wildman–Crippen MR) is 85.7 cm³/mol. The number of benzene rings is 1. The summed E-state index contributed by atoms with van der Waals surface area (Å²) in [6, 6.07) is 2.63. The van der Waals surface area contributed by atoms with Crippen molar-refractivity contribution in [3.05, 3.63) is 47.0 Å². The van der Waals surface area contributed by atoms with Crippen LogP contribution in [0.3, 0.4) is 0 Å². The summed E-state index contributed by atoms with van der Waals surface area (Å²) in [6.07, 6.45) is 0.0775. The van der Waals surface area contributed by atoms with Gasteiger partial charge in [-0.1, -0.05) is 11.6 Å². The number of fused-ring (bicyclic) bond motifs is 1. The normalized spacial score (nSPS) is 18.2. The molecule has 1 aromatic carbocycles. The molecular weight excluding hydrogens is 379 g/mol. The van der Waals surface area contributed by atoms with Gasteiger partial charge in [-0.05, 0) is 30.5 Å². The zero-order valence-electron chi connectivity index (χ0n) is 12.9. The third-order valence-corrected chi connectivity index (χ3v) is 5.85. The summed E-state index contributed by atoms with van der Waals surface area (Å²) in [5.74, 6) is 0.911. The molecule has 3 rings (SSSR count). The molecule has 0 radical (unpaired) electrons. The number of aromatic nitrogens is 2. The van der Waals surface area contributed by atoms with Crippen molar-refractivity contribution >= 4 is 21.6 Å². The number of hydrogen-bond donors (Lipinski definition) is 1. The van der Waals surface area contributed by atoms with E-state index < -0.39 is 26.7 Å². The highest BCUT2D eigenvalue weighted by atomic mass is 35.5. The van der Waals surface area contributed by atoms with Gasteiger partial charge in [0.05, 0.1) is 10.5 Å². The van der Waals surface area contributed by atoms with Crippen LogP contribution in [0.25, 0.3) is 0 Å². The number of alkyl halides is 3. The average molecular weight is 394 g/mol. The van der Waals surface area contributed by atoms with Crippen molar-refractivity contribution in [2.45, 2.75) is 30.5 Å². The van der Waals surface area contributed by atoms with Crippen LogP contribution in [0.1, 0.15) is 17.8 Å². The molecule has 1 aliphatic rings. The van der Waals surface area contributed by atoms with Gasteiger partial charge in [0.15, 0.2) is 0 Å². The maximum Gasteiger partial charge on any atom is 0.417 e. The van der Waals surface area contributed by atoms with Gasteiger partial charge in [-0.25, -0.2) is 18.1 Å². The fraction of sp³-hybridized carbons (Fsp3) is 0.400. The van der Waals surface area contributed by atoms with Gasteiger partial charge in [-0.3, -0.25) is 0 Å². The molecule has 1 unspecified atom stereocenters. The lowest BCUT2D eigenvalue weighted by atomic mass is 10.00. The molecule has 136 valence electrons. The van der Waals surface area contributed by atoms with Crippen molar-refractivity contribution in [2.75, 3.05) is 6.54 Å². The summed E-state index contributed by atoms with van der Waals surface area (Å²) in [4.78, 5) is 3.37. The monoisotopic (exact) mass is 393 g/mol. The molecule has 0 spiro atoms. The number of aryl methyl sites for hydroxylation is 1. The minimum absolute atomic E-state index is 0.0156. The van der Waals surface area contributed by atoms with Gasteiger partial charge in [0.25, 0.3) is 0 Å². The molecule has 1 atom stereocenters. The van der Waals surface area contributed by atoms with Crippen LogP contribution < -0.4 is 4.72 Å². The second kappa shape index (κ2) is 6.62. The summed E-state index contributed by atoms with van der Waals surface area (Å²) < 4.78 is 68.3. The first-order valence-corrected chi connectivity index (χ1v) is 9.39. The second-order valence-corrected chi connectivity index (χ2v) is 8.06. The zero-order valence-corrected chi connectivity index (χ0v) is 14.5. The number of halogens is 4. The Morgan fingerprint density at radius 2 is 2.12 bits per heavy atom. The summed E-state index contributed by atoms with van der Waals surface area (Å²) in [5, 5.41) is -0.175. The molecule has 2 aromatic rings. The topological polar surface area (TPSA) is 64.0 Å². The SMILES string of the molecule is O=S(=O)(NCC1CCc2nccn2C1)c1ccc(Cl)cc1C(F)(F)F. The van der Waals surface area contributed by atoms with E-state index in [4.69, 9.17) is 11.6 Å². The van der Waals surface area contributed by atoms with Crippen LogP contribution >= 0.6 is 11.6 Å². The Balaban J connectivity index is 1.77. The highest BCUT2D eigenvalue weighted by Gasteiger charge is 2.37. The zero-order chi connectivity index (χ0) is 18.2. The molecule has 0 fully saturated rings. The van der Waals surface area contributed by atoms with Crippen LogP contribution in [-0.4, -0.2) is 24.5 Å². The maximum atomic E-state index is 13.1. The molecule has 5 nitrogen and oxygen atoms in total. The van der Waals surface area contributed by atoms with E-state index in [0.29, 0.717) is 25.5 Å². The smallest absolute Gasteiger partial charge is 0.335 e. The molecule has 1 aliphatic heterocycles. The third kappa shape index (κ3) is 3.99. The van der Waals surface area contributed by atoms with E-state index >= 15 is 0 Å². The molecule has 0 saturated carbocycles. The largest absolute Gasteiger partial charge is 0.417 e. The van der Waals surface area contributed by atoms with Gasteiger partial charge >= 0.3 is 6.18 Å². The Bertz CT molecular complexity index is 880. The van der Waals surface area contributed by atoms with E-state index in [1.165, 1.54) is 0 Å². The molecule has 0 aliphatic carbocycles. The summed E-state index contributed by atoms with van der Waals surface area (Å²) >= 11 is 5.58. The standard InChI is InChI=1S/C15H15ClF3N3O2S/c16-11-2-3-13(12(7-11)15(17,18)19)25(23,24)21-8-10-1-4-14-20-5-6-22(14)9-10/h2-3,5-7,10,21H,1,4,8-9H2. The fourth-order valence-electron chi connectivity index (χ4n) is 2.87. The lowest BCUT2D eigenvalue weighted by Crippen LogP contribution is -2.34. The van der Waals surface area contributed by atoms with Gasteiger partial charge in [-0.15, -0.1) is 0 Å². The second-order valence-electron chi connectivity index (χ2n) is 5.89. The molecule has 1 aromatic heterocycles. The Hall–Kier alpha value is -1.58. The van der Waals surface area contributed by atoms with E-state index in [1.807, 2.05) is 4.57 Å². The Kier molecular flexibility index (Phi) is 4.82. The van der Waals surface area contributed by atoms with Crippen LogP contribution in [0.15, 0.2) is 35.5 Å². The first-order valence-electron chi connectivity index (χ1n) is 7.53. The minimum Gasteiger partial charge on any atom is -0.335 e. The van der Waals surface area contributed by atoms with Gasteiger partial charge in [-0.2, -0.15) is 13.2 Å². The first kappa shape index (κ1) is 18.2. The number of sulfonamides is 1. The Morgan fingerprint density at radius 1 is 1.36 bits per heavy atom. The van der Waals surface area contributed by atoms with Gasteiger partial charge in [0, 0.05) is 36.9 Å². The van der Waals surface area contributed by atoms with Crippen molar-refractivity contribution < 1.29 is 21.6 Å². The van der Waals surface area contributed by atoms with E-state index in [-0.39, 0.29) is 17.5 Å². The number of imidazole rings is 1. The molecule has 0 amide bonds. The maximum absolute atomic E-state index is 13.1. The Morgan fingerprint density at radius 3 is 2.84 bits per heavy atom. The Labute approximate surface area is 147 Å². The van der Waals surface area contributed by atoms with Gasteiger partial charge in [0.2, 0.25) is 10.0 Å². The lowest BCUT2D eigenvalue weighted by Gasteiger charge is -2.24. The van der Waals surface area contributed by atoms with Crippen molar-refractivity contribution in [1.82, 2.24) is 14.3 Å². The van der Waals surface area contributed by atoms with Crippen LogP contribution in [0.5, 0.6) is 0 Å². The predicted octanol–water partition coefficient (Wildman–Crippen LogP) is 3.10. The first-order chi connectivity index (χ1) is 11.7. The number of nitrogens with one attached hydrogen (secondary N) is 1. The molecule has 0 saturated heterocycles. The van der Waals surface area contributed by atoms with Crippen molar-refractivity contribution in [3.8, 4) is 0 Å².